The van der Waals surface area contributed by atoms with E-state index < -0.39 is 48.5 Å². The molecule has 3 heterocycles. The molecular formula is C27H28ClN5O5S. The van der Waals surface area contributed by atoms with Gasteiger partial charge in [0.15, 0.2) is 0 Å². The molecule has 3 aromatic rings. The predicted molar refractivity (Wildman–Crippen MR) is 147 cm³/mol. The number of thiophene rings is 1. The second-order valence-electron chi connectivity index (χ2n) is 9.74. The fourth-order valence-electron chi connectivity index (χ4n) is 5.34. The summed E-state index contributed by atoms with van der Waals surface area (Å²) in [4.78, 5) is 55.3. The minimum atomic E-state index is -1.23. The second kappa shape index (κ2) is 10.8. The van der Waals surface area contributed by atoms with Gasteiger partial charge in [-0.15, -0.1) is 11.3 Å². The fraction of sp³-hybridized carbons (Fsp3) is 0.333. The molecule has 0 unspecified atom stereocenters. The van der Waals surface area contributed by atoms with Crippen LogP contribution in [0.25, 0.3) is 10.1 Å². The van der Waals surface area contributed by atoms with Crippen LogP contribution in [0.15, 0.2) is 53.9 Å². The number of fused-ring (bicyclic) bond motifs is 2. The highest BCUT2D eigenvalue weighted by Crippen LogP contribution is 2.34. The Hall–Kier alpha value is -3.67. The van der Waals surface area contributed by atoms with E-state index in [9.17, 15) is 24.3 Å². The number of hydrogen-bond donors (Lipinski definition) is 2. The smallest absolute Gasteiger partial charge is 0.334 e. The van der Waals surface area contributed by atoms with E-state index in [0.717, 1.165) is 21.2 Å². The largest absolute Gasteiger partial charge is 0.481 e. The standard InChI is InChI=1S/C27H28ClN5O5S/c1-16-25-32(23(34)14-30(2)33(25)27(38)29-12-17-7-9-19(28)10-8-17)21(11-24(35)36)26(37)31(16)13-18-15-39-22-6-4-3-5-20(18)22/h3-10,15-16,21,25H,11-14H2,1-2H3,(H,29,38)(H,35,36)/t16-,21-,25-/m0/s1. The summed E-state index contributed by atoms with van der Waals surface area (Å²) < 4.78 is 1.07. The van der Waals surface area contributed by atoms with Crippen molar-refractivity contribution < 1.29 is 24.3 Å². The van der Waals surface area contributed by atoms with Gasteiger partial charge in [0.2, 0.25) is 11.8 Å². The lowest BCUT2D eigenvalue weighted by Crippen LogP contribution is -2.78. The number of nitrogens with one attached hydrogen (secondary N) is 1. The minimum Gasteiger partial charge on any atom is -0.481 e. The molecule has 1 aromatic heterocycles. The van der Waals surface area contributed by atoms with Crippen LogP contribution in [0.5, 0.6) is 0 Å². The van der Waals surface area contributed by atoms with Crippen LogP contribution in [-0.2, 0) is 27.5 Å². The van der Waals surface area contributed by atoms with Gasteiger partial charge in [-0.25, -0.2) is 14.8 Å². The number of halogens is 1. The van der Waals surface area contributed by atoms with Crippen molar-refractivity contribution in [2.45, 2.75) is 44.7 Å². The molecule has 12 heteroatoms. The number of likely N-dealkylation sites (N-methyl/N-ethyl adjacent to an activating group) is 1. The molecule has 5 rings (SSSR count). The maximum Gasteiger partial charge on any atom is 0.334 e. The molecule has 2 aliphatic heterocycles. The highest BCUT2D eigenvalue weighted by atomic mass is 35.5. The second-order valence-corrected chi connectivity index (χ2v) is 11.1. The molecular weight excluding hydrogens is 542 g/mol. The Morgan fingerprint density at radius 2 is 1.85 bits per heavy atom. The highest BCUT2D eigenvalue weighted by molar-refractivity contribution is 7.17. The lowest BCUT2D eigenvalue weighted by Gasteiger charge is -2.57. The average Bonchev–Trinajstić information content (AvgIpc) is 3.31. The van der Waals surface area contributed by atoms with Gasteiger partial charge >= 0.3 is 12.0 Å². The maximum absolute atomic E-state index is 13.8. The summed E-state index contributed by atoms with van der Waals surface area (Å²) in [6.07, 6.45) is -1.45. The van der Waals surface area contributed by atoms with Crippen LogP contribution in [0.3, 0.4) is 0 Å². The number of aliphatic carboxylic acids is 1. The minimum absolute atomic E-state index is 0.170. The maximum atomic E-state index is 13.8. The first-order valence-electron chi connectivity index (χ1n) is 12.5. The Morgan fingerprint density at radius 1 is 1.13 bits per heavy atom. The van der Waals surface area contributed by atoms with E-state index in [1.807, 2.05) is 29.6 Å². The van der Waals surface area contributed by atoms with Crippen LogP contribution < -0.4 is 5.32 Å². The van der Waals surface area contributed by atoms with Gasteiger partial charge in [0.25, 0.3) is 0 Å². The van der Waals surface area contributed by atoms with Gasteiger partial charge in [0.05, 0.1) is 19.0 Å². The number of amides is 4. The molecule has 4 amide bonds. The van der Waals surface area contributed by atoms with Gasteiger partial charge in [0, 0.05) is 29.9 Å². The Bertz CT molecular complexity index is 1430. The van der Waals surface area contributed by atoms with Gasteiger partial charge in [-0.3, -0.25) is 14.4 Å². The first-order valence-corrected chi connectivity index (χ1v) is 13.7. The van der Waals surface area contributed by atoms with E-state index in [1.54, 1.807) is 54.5 Å². The third kappa shape index (κ3) is 5.17. The molecule has 2 fully saturated rings. The van der Waals surface area contributed by atoms with Crippen LogP contribution >= 0.6 is 22.9 Å². The summed E-state index contributed by atoms with van der Waals surface area (Å²) >= 11 is 7.53. The third-order valence-corrected chi connectivity index (χ3v) is 8.48. The molecule has 3 atom stereocenters. The molecule has 2 saturated heterocycles. The monoisotopic (exact) mass is 569 g/mol. The molecule has 0 aliphatic carbocycles. The van der Waals surface area contributed by atoms with Crippen LogP contribution in [0, 0.1) is 0 Å². The normalized spacial score (nSPS) is 21.8. The zero-order chi connectivity index (χ0) is 27.8. The number of carboxylic acids is 1. The molecule has 0 spiro atoms. The lowest BCUT2D eigenvalue weighted by molar-refractivity contribution is -0.197. The molecule has 10 nitrogen and oxygen atoms in total. The highest BCUT2D eigenvalue weighted by Gasteiger charge is 2.54. The number of urea groups is 1. The molecule has 0 radical (unpaired) electrons. The van der Waals surface area contributed by atoms with Crippen molar-refractivity contribution in [2.24, 2.45) is 0 Å². The molecule has 2 N–H and O–H groups in total. The number of carbonyl (C=O) groups excluding carboxylic acids is 3. The zero-order valence-corrected chi connectivity index (χ0v) is 23.0. The molecule has 2 aliphatic rings. The molecule has 2 aromatic carbocycles. The van der Waals surface area contributed by atoms with Gasteiger partial charge < -0.3 is 20.2 Å². The first kappa shape index (κ1) is 26.9. The van der Waals surface area contributed by atoms with Crippen LogP contribution in [0.2, 0.25) is 5.02 Å². The topological polar surface area (TPSA) is 114 Å². The van der Waals surface area contributed by atoms with Gasteiger partial charge in [-0.05, 0) is 47.0 Å². The summed E-state index contributed by atoms with van der Waals surface area (Å²) in [5, 5.41) is 19.0. The van der Waals surface area contributed by atoms with E-state index in [0.29, 0.717) is 5.02 Å². The van der Waals surface area contributed by atoms with E-state index >= 15 is 0 Å². The van der Waals surface area contributed by atoms with Crippen molar-refractivity contribution in [3.05, 3.63) is 70.1 Å². The Kier molecular flexibility index (Phi) is 7.48. The number of rotatable bonds is 6. The van der Waals surface area contributed by atoms with Crippen LogP contribution in [-0.4, -0.2) is 80.6 Å². The Labute approximate surface area is 234 Å². The number of benzene rings is 2. The number of carboxylic acid groups (broad SMARTS) is 1. The number of hydrazine groups is 1. The summed E-state index contributed by atoms with van der Waals surface area (Å²) in [6, 6.07) is 12.6. The molecule has 204 valence electrons. The van der Waals surface area contributed by atoms with Gasteiger partial charge in [0.1, 0.15) is 12.2 Å². The Balaban J connectivity index is 1.48. The van der Waals surface area contributed by atoms with E-state index in [-0.39, 0.29) is 19.6 Å². The van der Waals surface area contributed by atoms with E-state index in [2.05, 4.69) is 5.32 Å². The van der Waals surface area contributed by atoms with Crippen LogP contribution in [0.4, 0.5) is 4.79 Å². The van der Waals surface area contributed by atoms with Crippen LogP contribution in [0.1, 0.15) is 24.5 Å². The zero-order valence-electron chi connectivity index (χ0n) is 21.4. The quantitative estimate of drug-likeness (QED) is 0.471. The van der Waals surface area contributed by atoms with Crippen molar-refractivity contribution in [3.8, 4) is 0 Å². The molecule has 39 heavy (non-hydrogen) atoms. The van der Waals surface area contributed by atoms with Crippen molar-refractivity contribution in [3.63, 3.8) is 0 Å². The van der Waals surface area contributed by atoms with Crippen molar-refractivity contribution in [1.82, 2.24) is 25.1 Å². The van der Waals surface area contributed by atoms with Crippen molar-refractivity contribution >= 4 is 56.8 Å². The lowest BCUT2D eigenvalue weighted by atomic mass is 9.97. The number of piperazine rings is 1. The predicted octanol–water partition coefficient (Wildman–Crippen LogP) is 3.36. The molecule has 0 saturated carbocycles. The van der Waals surface area contributed by atoms with Gasteiger partial charge in [-0.2, -0.15) is 0 Å². The van der Waals surface area contributed by atoms with Crippen molar-refractivity contribution in [2.75, 3.05) is 13.6 Å². The third-order valence-electron chi connectivity index (χ3n) is 7.22. The fourth-order valence-corrected chi connectivity index (χ4v) is 6.42. The average molecular weight is 570 g/mol. The Morgan fingerprint density at radius 3 is 2.56 bits per heavy atom. The van der Waals surface area contributed by atoms with E-state index in [4.69, 9.17) is 11.6 Å². The summed E-state index contributed by atoms with van der Waals surface area (Å²) in [5.74, 6) is -2.06. The summed E-state index contributed by atoms with van der Waals surface area (Å²) in [7, 11) is 1.63. The summed E-state index contributed by atoms with van der Waals surface area (Å²) in [6.45, 7) is 2.06. The van der Waals surface area contributed by atoms with Crippen molar-refractivity contribution in [1.29, 1.82) is 0 Å². The first-order chi connectivity index (χ1) is 18.7. The number of nitrogens with zero attached hydrogens (tertiary/aromatic N) is 4. The van der Waals surface area contributed by atoms with E-state index in [1.165, 1.54) is 14.9 Å². The number of carbonyl (C=O) groups is 4. The van der Waals surface area contributed by atoms with Gasteiger partial charge in [-0.1, -0.05) is 41.9 Å². The molecule has 0 bridgehead atoms. The number of hydrogen-bond acceptors (Lipinski definition) is 6. The SMILES string of the molecule is C[C@H]1[C@H]2N(C(=O)CN(C)N2C(=O)NCc2ccc(Cl)cc2)[C@@H](CC(=O)O)C(=O)N1Cc1csc2ccccc12. The summed E-state index contributed by atoms with van der Waals surface area (Å²) in [5.41, 5.74) is 1.76.